The van der Waals surface area contributed by atoms with Crippen molar-refractivity contribution in [3.8, 4) is 11.3 Å². The molecule has 0 amide bonds. The predicted molar refractivity (Wildman–Crippen MR) is 70.3 cm³/mol. The smallest absolute Gasteiger partial charge is 0.195 e. The Bertz CT molecular complexity index is 638. The summed E-state index contributed by atoms with van der Waals surface area (Å²) in [5, 5.41) is 0. The molecule has 0 unspecified atom stereocenters. The van der Waals surface area contributed by atoms with Crippen molar-refractivity contribution in [3.63, 3.8) is 0 Å². The highest BCUT2D eigenvalue weighted by Gasteiger charge is 2.08. The summed E-state index contributed by atoms with van der Waals surface area (Å²) in [6.07, 6.45) is 4.84. The van der Waals surface area contributed by atoms with Gasteiger partial charge in [-0.15, -0.1) is 0 Å². The summed E-state index contributed by atoms with van der Waals surface area (Å²) in [5.74, 6) is 1.67. The van der Waals surface area contributed by atoms with Gasteiger partial charge in [0.1, 0.15) is 11.3 Å². The maximum Gasteiger partial charge on any atom is 0.195 e. The van der Waals surface area contributed by atoms with Gasteiger partial charge in [-0.2, -0.15) is 0 Å². The molecule has 2 aromatic heterocycles. The summed E-state index contributed by atoms with van der Waals surface area (Å²) >= 11 is 0. The first-order valence-electron chi connectivity index (χ1n) is 6.30. The van der Waals surface area contributed by atoms with Gasteiger partial charge < -0.3 is 8.83 Å². The molecule has 0 saturated heterocycles. The van der Waals surface area contributed by atoms with E-state index in [1.807, 2.05) is 30.3 Å². The quantitative estimate of drug-likeness (QED) is 0.678. The van der Waals surface area contributed by atoms with E-state index in [0.717, 1.165) is 47.6 Å². The average molecular weight is 241 g/mol. The topological polar surface area (TPSA) is 39.2 Å². The van der Waals surface area contributed by atoms with Crippen LogP contribution in [0.5, 0.6) is 0 Å². The first-order valence-corrected chi connectivity index (χ1v) is 6.30. The van der Waals surface area contributed by atoms with E-state index in [0.29, 0.717) is 0 Å². The fourth-order valence-electron chi connectivity index (χ4n) is 2.00. The van der Waals surface area contributed by atoms with Gasteiger partial charge in [0.25, 0.3) is 0 Å². The van der Waals surface area contributed by atoms with Crippen LogP contribution in [0.2, 0.25) is 0 Å². The molecule has 0 aliphatic carbocycles. The van der Waals surface area contributed by atoms with Gasteiger partial charge in [-0.25, -0.2) is 4.98 Å². The van der Waals surface area contributed by atoms with E-state index in [2.05, 4.69) is 11.9 Å². The Labute approximate surface area is 105 Å². The maximum atomic E-state index is 5.76. The molecule has 0 bridgehead atoms. The van der Waals surface area contributed by atoms with Gasteiger partial charge in [0, 0.05) is 12.0 Å². The lowest BCUT2D eigenvalue weighted by atomic mass is 10.1. The molecule has 3 aromatic rings. The molecular weight excluding hydrogens is 226 g/mol. The van der Waals surface area contributed by atoms with Crippen LogP contribution in [-0.2, 0) is 6.42 Å². The van der Waals surface area contributed by atoms with Gasteiger partial charge in [0.05, 0.1) is 6.26 Å². The number of hydrogen-bond donors (Lipinski definition) is 0. The summed E-state index contributed by atoms with van der Waals surface area (Å²) in [7, 11) is 0. The van der Waals surface area contributed by atoms with Crippen molar-refractivity contribution in [3.05, 3.63) is 42.5 Å². The van der Waals surface area contributed by atoms with Crippen LogP contribution >= 0.6 is 0 Å². The molecule has 0 aliphatic rings. The van der Waals surface area contributed by atoms with Gasteiger partial charge in [0.2, 0.25) is 0 Å². The Hall–Kier alpha value is -2.03. The van der Waals surface area contributed by atoms with Crippen molar-refractivity contribution >= 4 is 11.1 Å². The van der Waals surface area contributed by atoms with E-state index in [9.17, 15) is 0 Å². The van der Waals surface area contributed by atoms with Gasteiger partial charge in [0.15, 0.2) is 11.5 Å². The highest BCUT2D eigenvalue weighted by molar-refractivity contribution is 5.78. The molecule has 3 rings (SSSR count). The van der Waals surface area contributed by atoms with Crippen molar-refractivity contribution in [1.29, 1.82) is 0 Å². The molecule has 92 valence electrons. The summed E-state index contributed by atoms with van der Waals surface area (Å²) in [5.41, 5.74) is 2.76. The van der Waals surface area contributed by atoms with Crippen molar-refractivity contribution < 1.29 is 8.83 Å². The largest absolute Gasteiger partial charge is 0.464 e. The van der Waals surface area contributed by atoms with Crippen LogP contribution in [0.15, 0.2) is 45.4 Å². The second-order valence-electron chi connectivity index (χ2n) is 4.37. The fraction of sp³-hybridized carbons (Fsp3) is 0.267. The zero-order valence-electron chi connectivity index (χ0n) is 10.3. The van der Waals surface area contributed by atoms with Crippen molar-refractivity contribution in [2.24, 2.45) is 0 Å². The van der Waals surface area contributed by atoms with Crippen molar-refractivity contribution in [1.82, 2.24) is 4.98 Å². The molecule has 3 nitrogen and oxygen atoms in total. The molecule has 1 aromatic carbocycles. The summed E-state index contributed by atoms with van der Waals surface area (Å²) in [6.45, 7) is 2.16. The van der Waals surface area contributed by atoms with Crippen LogP contribution in [0.25, 0.3) is 22.4 Å². The van der Waals surface area contributed by atoms with E-state index < -0.39 is 0 Å². The number of aromatic nitrogens is 1. The molecule has 0 fully saturated rings. The number of fused-ring (bicyclic) bond motifs is 1. The van der Waals surface area contributed by atoms with Gasteiger partial charge in [-0.05, 0) is 36.8 Å². The van der Waals surface area contributed by atoms with E-state index in [4.69, 9.17) is 8.83 Å². The lowest BCUT2D eigenvalue weighted by molar-refractivity contribution is 0.517. The van der Waals surface area contributed by atoms with Gasteiger partial charge in [-0.3, -0.25) is 0 Å². The number of nitrogens with zero attached hydrogens (tertiary/aromatic N) is 1. The number of furan rings is 1. The van der Waals surface area contributed by atoms with Gasteiger partial charge in [-0.1, -0.05) is 13.3 Å². The first-order chi connectivity index (χ1) is 8.86. The zero-order valence-corrected chi connectivity index (χ0v) is 10.3. The average Bonchev–Trinajstić information content (AvgIpc) is 3.03. The molecular formula is C15H15NO2. The molecule has 0 spiro atoms. The van der Waals surface area contributed by atoms with Crippen molar-refractivity contribution in [2.45, 2.75) is 26.2 Å². The minimum atomic E-state index is 0.823. The SMILES string of the molecule is CCCCc1nc2ccc(-c3ccco3)cc2o1. The summed E-state index contributed by atoms with van der Waals surface area (Å²) in [6, 6.07) is 9.79. The summed E-state index contributed by atoms with van der Waals surface area (Å²) < 4.78 is 11.1. The molecule has 18 heavy (non-hydrogen) atoms. The van der Waals surface area contributed by atoms with E-state index in [-0.39, 0.29) is 0 Å². The third-order valence-corrected chi connectivity index (χ3v) is 2.98. The van der Waals surface area contributed by atoms with E-state index in [1.165, 1.54) is 0 Å². The third kappa shape index (κ3) is 2.04. The highest BCUT2D eigenvalue weighted by atomic mass is 16.3. The number of benzene rings is 1. The van der Waals surface area contributed by atoms with Crippen LogP contribution in [0.1, 0.15) is 25.7 Å². The highest BCUT2D eigenvalue weighted by Crippen LogP contribution is 2.25. The minimum Gasteiger partial charge on any atom is -0.464 e. The lowest BCUT2D eigenvalue weighted by Crippen LogP contribution is -1.82. The molecule has 0 N–H and O–H groups in total. The molecule has 3 heteroatoms. The lowest BCUT2D eigenvalue weighted by Gasteiger charge is -1.94. The Balaban J connectivity index is 1.96. The van der Waals surface area contributed by atoms with Gasteiger partial charge >= 0.3 is 0 Å². The minimum absolute atomic E-state index is 0.823. The number of rotatable bonds is 4. The molecule has 0 saturated carbocycles. The first kappa shape index (κ1) is 11.1. The number of hydrogen-bond acceptors (Lipinski definition) is 3. The molecule has 0 aliphatic heterocycles. The monoisotopic (exact) mass is 241 g/mol. The second kappa shape index (κ2) is 4.69. The van der Waals surface area contributed by atoms with Crippen LogP contribution in [0, 0.1) is 0 Å². The van der Waals surface area contributed by atoms with Crippen LogP contribution in [0.3, 0.4) is 0 Å². The Kier molecular flexibility index (Phi) is 2.89. The van der Waals surface area contributed by atoms with Crippen LogP contribution in [-0.4, -0.2) is 4.98 Å². The predicted octanol–water partition coefficient (Wildman–Crippen LogP) is 4.43. The third-order valence-electron chi connectivity index (χ3n) is 2.98. The van der Waals surface area contributed by atoms with Crippen molar-refractivity contribution in [2.75, 3.05) is 0 Å². The Morgan fingerprint density at radius 2 is 2.17 bits per heavy atom. The van der Waals surface area contributed by atoms with E-state index in [1.54, 1.807) is 6.26 Å². The number of oxazole rings is 1. The zero-order chi connectivity index (χ0) is 12.4. The maximum absolute atomic E-state index is 5.76. The number of unbranched alkanes of at least 4 members (excludes halogenated alkanes) is 1. The standard InChI is InChI=1S/C15H15NO2/c1-2-3-6-15-16-12-8-7-11(10-14(12)18-15)13-5-4-9-17-13/h4-5,7-10H,2-3,6H2,1H3. The fourth-order valence-corrected chi connectivity index (χ4v) is 2.00. The Morgan fingerprint density at radius 3 is 2.94 bits per heavy atom. The molecule has 0 atom stereocenters. The molecule has 2 heterocycles. The van der Waals surface area contributed by atoms with Crippen LogP contribution in [0.4, 0.5) is 0 Å². The van der Waals surface area contributed by atoms with Crippen LogP contribution < -0.4 is 0 Å². The molecule has 0 radical (unpaired) electrons. The normalized spacial score (nSPS) is 11.2. The summed E-state index contributed by atoms with van der Waals surface area (Å²) in [4.78, 5) is 4.48. The number of aryl methyl sites for hydroxylation is 1. The van der Waals surface area contributed by atoms with E-state index >= 15 is 0 Å². The second-order valence-corrected chi connectivity index (χ2v) is 4.37. The Morgan fingerprint density at radius 1 is 1.22 bits per heavy atom.